The second-order valence-corrected chi connectivity index (χ2v) is 3.08. The molecule has 0 heterocycles. The highest BCUT2D eigenvalue weighted by Crippen LogP contribution is 2.07. The first-order valence-electron chi connectivity index (χ1n) is 4.72. The summed E-state index contributed by atoms with van der Waals surface area (Å²) in [6.45, 7) is 4.31. The maximum atomic E-state index is 10.0. The number of ether oxygens (including phenoxy) is 1. The Bertz CT molecular complexity index is 371. The van der Waals surface area contributed by atoms with Crippen LogP contribution in [0, 0.1) is 0 Å². The fraction of sp³-hybridized carbons (Fsp3) is 0.167. The van der Waals surface area contributed by atoms with Crippen LogP contribution in [0.5, 0.6) is 5.75 Å². The Kier molecular flexibility index (Phi) is 6.85. The highest BCUT2D eigenvalue weighted by atomic mass is 16.5. The average Bonchev–Trinajstić information content (AvgIpc) is 2.28. The van der Waals surface area contributed by atoms with Crippen molar-refractivity contribution < 1.29 is 24.5 Å². The minimum absolute atomic E-state index is 0.176. The summed E-state index contributed by atoms with van der Waals surface area (Å²) in [5, 5.41) is 16.1. The molecule has 0 saturated carbocycles. The van der Waals surface area contributed by atoms with Crippen LogP contribution in [0.2, 0.25) is 0 Å². The third kappa shape index (κ3) is 8.68. The summed E-state index contributed by atoms with van der Waals surface area (Å²) in [7, 11) is 0. The van der Waals surface area contributed by atoms with Crippen molar-refractivity contribution in [1.29, 1.82) is 0 Å². The quantitative estimate of drug-likeness (QED) is 0.781. The third-order valence-electron chi connectivity index (χ3n) is 1.47. The van der Waals surface area contributed by atoms with Crippen LogP contribution in [-0.2, 0) is 9.59 Å². The number of carboxylic acids is 2. The Balaban J connectivity index is 0.000000366. The van der Waals surface area contributed by atoms with E-state index in [9.17, 15) is 9.59 Å². The summed E-state index contributed by atoms with van der Waals surface area (Å²) in [5.74, 6) is -1.32. The molecule has 0 radical (unpaired) electrons. The molecule has 2 N–H and O–H groups in total. The second kappa shape index (κ2) is 7.92. The SMILES string of the molecule is C=C(C)C(=O)O.O=C(O)COc1ccccc1. The van der Waals surface area contributed by atoms with Crippen LogP contribution >= 0.6 is 0 Å². The molecule has 0 aliphatic carbocycles. The van der Waals surface area contributed by atoms with Crippen LogP contribution < -0.4 is 4.74 Å². The monoisotopic (exact) mass is 238 g/mol. The number of hydrogen-bond acceptors (Lipinski definition) is 3. The molecule has 0 atom stereocenters. The van der Waals surface area contributed by atoms with Gasteiger partial charge < -0.3 is 14.9 Å². The van der Waals surface area contributed by atoms with E-state index in [0.29, 0.717) is 5.75 Å². The van der Waals surface area contributed by atoms with Crippen molar-refractivity contribution in [3.63, 3.8) is 0 Å². The summed E-state index contributed by atoms with van der Waals surface area (Å²) < 4.78 is 4.87. The van der Waals surface area contributed by atoms with Gasteiger partial charge >= 0.3 is 11.9 Å². The number of rotatable bonds is 4. The first-order chi connectivity index (χ1) is 7.93. The number of carbonyl (C=O) groups is 2. The maximum absolute atomic E-state index is 10.0. The highest BCUT2D eigenvalue weighted by Gasteiger charge is 1.96. The Labute approximate surface area is 99.0 Å². The van der Waals surface area contributed by atoms with E-state index in [2.05, 4.69) is 6.58 Å². The van der Waals surface area contributed by atoms with Crippen LogP contribution in [0.1, 0.15) is 6.92 Å². The Morgan fingerprint density at radius 1 is 1.24 bits per heavy atom. The number of para-hydroxylation sites is 1. The van der Waals surface area contributed by atoms with Gasteiger partial charge in [-0.3, -0.25) is 0 Å². The Hall–Kier alpha value is -2.30. The topological polar surface area (TPSA) is 83.8 Å². The largest absolute Gasteiger partial charge is 0.482 e. The molecule has 5 nitrogen and oxygen atoms in total. The van der Waals surface area contributed by atoms with Crippen molar-refractivity contribution in [1.82, 2.24) is 0 Å². The van der Waals surface area contributed by atoms with Crippen molar-refractivity contribution in [2.24, 2.45) is 0 Å². The molecular weight excluding hydrogens is 224 g/mol. The van der Waals surface area contributed by atoms with E-state index in [1.54, 1.807) is 24.3 Å². The van der Waals surface area contributed by atoms with Gasteiger partial charge in [0.25, 0.3) is 0 Å². The number of carboxylic acid groups (broad SMARTS) is 2. The molecule has 92 valence electrons. The Morgan fingerprint density at radius 3 is 2.06 bits per heavy atom. The molecule has 5 heteroatoms. The fourth-order valence-electron chi connectivity index (χ4n) is 0.662. The van der Waals surface area contributed by atoms with Gasteiger partial charge in [0.1, 0.15) is 5.75 Å². The lowest BCUT2D eigenvalue weighted by Gasteiger charge is -2.00. The molecule has 1 aromatic rings. The summed E-state index contributed by atoms with van der Waals surface area (Å²) in [5.41, 5.74) is 0.176. The van der Waals surface area contributed by atoms with Gasteiger partial charge in [-0.05, 0) is 19.1 Å². The van der Waals surface area contributed by atoms with Gasteiger partial charge in [0, 0.05) is 5.57 Å². The van der Waals surface area contributed by atoms with E-state index in [0.717, 1.165) is 0 Å². The van der Waals surface area contributed by atoms with Crippen LogP contribution in [0.3, 0.4) is 0 Å². The lowest BCUT2D eigenvalue weighted by atomic mass is 10.3. The average molecular weight is 238 g/mol. The van der Waals surface area contributed by atoms with Gasteiger partial charge in [0.2, 0.25) is 0 Å². The normalized spacial score (nSPS) is 8.53. The molecule has 17 heavy (non-hydrogen) atoms. The van der Waals surface area contributed by atoms with Gasteiger partial charge in [0.05, 0.1) is 0 Å². The minimum Gasteiger partial charge on any atom is -0.482 e. The predicted molar refractivity (Wildman–Crippen MR) is 62.0 cm³/mol. The van der Waals surface area contributed by atoms with E-state index >= 15 is 0 Å². The van der Waals surface area contributed by atoms with Crippen LogP contribution in [0.4, 0.5) is 0 Å². The zero-order valence-corrected chi connectivity index (χ0v) is 9.42. The smallest absolute Gasteiger partial charge is 0.341 e. The van der Waals surface area contributed by atoms with Gasteiger partial charge in [-0.2, -0.15) is 0 Å². The fourth-order valence-corrected chi connectivity index (χ4v) is 0.662. The number of benzene rings is 1. The zero-order valence-electron chi connectivity index (χ0n) is 9.42. The molecule has 0 saturated heterocycles. The van der Waals surface area contributed by atoms with E-state index in [1.165, 1.54) is 6.92 Å². The number of hydrogen-bond donors (Lipinski definition) is 2. The molecule has 0 aliphatic rings. The number of aliphatic carboxylic acids is 2. The molecular formula is C12H14O5. The van der Waals surface area contributed by atoms with Crippen molar-refractivity contribution in [3.8, 4) is 5.75 Å². The molecule has 0 aromatic heterocycles. The summed E-state index contributed by atoms with van der Waals surface area (Å²) >= 11 is 0. The van der Waals surface area contributed by atoms with Crippen molar-refractivity contribution >= 4 is 11.9 Å². The van der Waals surface area contributed by atoms with Gasteiger partial charge in [-0.15, -0.1) is 0 Å². The standard InChI is InChI=1S/C8H8O3.C4H6O2/c9-8(10)6-11-7-4-2-1-3-5-7;1-3(2)4(5)6/h1-5H,6H2,(H,9,10);1H2,2H3,(H,5,6). The van der Waals surface area contributed by atoms with Crippen LogP contribution in [-0.4, -0.2) is 28.8 Å². The minimum atomic E-state index is -0.964. The molecule has 0 aliphatic heterocycles. The molecule has 0 fully saturated rings. The van der Waals surface area contributed by atoms with E-state index in [1.807, 2.05) is 6.07 Å². The molecule has 0 bridgehead atoms. The first-order valence-corrected chi connectivity index (χ1v) is 4.72. The van der Waals surface area contributed by atoms with Crippen LogP contribution in [0.25, 0.3) is 0 Å². The maximum Gasteiger partial charge on any atom is 0.341 e. The molecule has 0 amide bonds. The van der Waals surface area contributed by atoms with E-state index in [4.69, 9.17) is 14.9 Å². The highest BCUT2D eigenvalue weighted by molar-refractivity contribution is 5.84. The van der Waals surface area contributed by atoms with Crippen LogP contribution in [0.15, 0.2) is 42.5 Å². The van der Waals surface area contributed by atoms with E-state index in [-0.39, 0.29) is 12.2 Å². The summed E-state index contributed by atoms with van der Waals surface area (Å²) in [4.78, 5) is 19.6. The first kappa shape index (κ1) is 14.7. The van der Waals surface area contributed by atoms with Gasteiger partial charge in [-0.1, -0.05) is 24.8 Å². The van der Waals surface area contributed by atoms with Gasteiger partial charge in [-0.25, -0.2) is 9.59 Å². The predicted octanol–water partition coefficient (Wildman–Crippen LogP) is 1.80. The van der Waals surface area contributed by atoms with Crippen molar-refractivity contribution in [3.05, 3.63) is 42.5 Å². The van der Waals surface area contributed by atoms with Gasteiger partial charge in [0.15, 0.2) is 6.61 Å². The van der Waals surface area contributed by atoms with Crippen molar-refractivity contribution in [2.45, 2.75) is 6.92 Å². The second-order valence-electron chi connectivity index (χ2n) is 3.08. The zero-order chi connectivity index (χ0) is 13.3. The summed E-state index contributed by atoms with van der Waals surface area (Å²) in [6, 6.07) is 8.84. The van der Waals surface area contributed by atoms with Crippen molar-refractivity contribution in [2.75, 3.05) is 6.61 Å². The molecule has 0 spiro atoms. The lowest BCUT2D eigenvalue weighted by molar-refractivity contribution is -0.139. The third-order valence-corrected chi connectivity index (χ3v) is 1.47. The molecule has 1 aromatic carbocycles. The lowest BCUT2D eigenvalue weighted by Crippen LogP contribution is -2.09. The van der Waals surface area contributed by atoms with E-state index < -0.39 is 11.9 Å². The summed E-state index contributed by atoms with van der Waals surface area (Å²) in [6.07, 6.45) is 0. The Morgan fingerprint density at radius 2 is 1.71 bits per heavy atom. The molecule has 1 rings (SSSR count). The molecule has 0 unspecified atom stereocenters.